The summed E-state index contributed by atoms with van der Waals surface area (Å²) >= 11 is 0. The van der Waals surface area contributed by atoms with Crippen LogP contribution in [0.3, 0.4) is 0 Å². The van der Waals surface area contributed by atoms with E-state index in [1.807, 2.05) is 12.1 Å². The molecule has 1 N–H and O–H groups in total. The van der Waals surface area contributed by atoms with Crippen LogP contribution in [0, 0.1) is 0 Å². The van der Waals surface area contributed by atoms with Crippen molar-refractivity contribution >= 4 is 5.91 Å². The molecule has 0 fully saturated rings. The summed E-state index contributed by atoms with van der Waals surface area (Å²) in [4.78, 5) is 16.1. The zero-order valence-corrected chi connectivity index (χ0v) is 13.3. The average Bonchev–Trinajstić information content (AvgIpc) is 3.01. The summed E-state index contributed by atoms with van der Waals surface area (Å²) < 4.78 is 10.7. The first-order valence-corrected chi connectivity index (χ1v) is 7.66. The fourth-order valence-electron chi connectivity index (χ4n) is 3.05. The van der Waals surface area contributed by atoms with Gasteiger partial charge < -0.3 is 14.8 Å². The highest BCUT2D eigenvalue weighted by atomic mass is 16.5. The topological polar surface area (TPSA) is 60.5 Å². The van der Waals surface area contributed by atoms with Crippen molar-refractivity contribution in [3.63, 3.8) is 0 Å². The van der Waals surface area contributed by atoms with Crippen LogP contribution < -0.4 is 14.8 Å². The summed E-state index contributed by atoms with van der Waals surface area (Å²) in [6.45, 7) is 0.607. The fraction of sp³-hybridized carbons (Fsp3) is 0.333. The van der Waals surface area contributed by atoms with Gasteiger partial charge in [-0.2, -0.15) is 0 Å². The number of carbonyl (C=O) groups is 1. The Morgan fingerprint density at radius 1 is 1.30 bits per heavy atom. The highest BCUT2D eigenvalue weighted by Gasteiger charge is 2.25. The van der Waals surface area contributed by atoms with E-state index in [-0.39, 0.29) is 5.91 Å². The standard InChI is InChI=1S/C18H20N2O3/c1-22-16-8-12-5-6-13(15(12)9-17(16)23-2)11-20-18(21)14-4-3-7-19-10-14/h3-4,7-10,13H,5-6,11H2,1-2H3,(H,20,21). The van der Waals surface area contributed by atoms with Gasteiger partial charge in [0, 0.05) is 24.9 Å². The molecule has 0 spiro atoms. The molecule has 1 aliphatic rings. The second kappa shape index (κ2) is 6.69. The summed E-state index contributed by atoms with van der Waals surface area (Å²) in [5.74, 6) is 1.69. The third-order valence-electron chi connectivity index (χ3n) is 4.28. The molecule has 3 rings (SSSR count). The van der Waals surface area contributed by atoms with Gasteiger partial charge in [-0.1, -0.05) is 0 Å². The molecule has 2 aromatic rings. The molecule has 120 valence electrons. The van der Waals surface area contributed by atoms with Crippen LogP contribution in [-0.4, -0.2) is 31.7 Å². The quantitative estimate of drug-likeness (QED) is 0.922. The summed E-state index contributed by atoms with van der Waals surface area (Å²) in [5, 5.41) is 3.00. The van der Waals surface area contributed by atoms with Crippen molar-refractivity contribution in [2.24, 2.45) is 0 Å². The molecular formula is C18H20N2O3. The molecule has 1 heterocycles. The lowest BCUT2D eigenvalue weighted by molar-refractivity contribution is 0.0950. The van der Waals surface area contributed by atoms with E-state index in [1.54, 1.807) is 38.7 Å². The number of hydrogen-bond acceptors (Lipinski definition) is 4. The van der Waals surface area contributed by atoms with Crippen LogP contribution >= 0.6 is 0 Å². The van der Waals surface area contributed by atoms with E-state index in [2.05, 4.69) is 10.3 Å². The Bertz CT molecular complexity index is 701. The first-order chi connectivity index (χ1) is 11.2. The van der Waals surface area contributed by atoms with E-state index < -0.39 is 0 Å². The zero-order valence-electron chi connectivity index (χ0n) is 13.3. The molecule has 1 aromatic carbocycles. The number of fused-ring (bicyclic) bond motifs is 1. The molecule has 0 saturated heterocycles. The van der Waals surface area contributed by atoms with Gasteiger partial charge in [0.05, 0.1) is 19.8 Å². The SMILES string of the molecule is COc1cc2c(cc1OC)C(CNC(=O)c1cccnc1)CC2. The predicted octanol–water partition coefficient (Wildman–Crippen LogP) is 2.56. The lowest BCUT2D eigenvalue weighted by Crippen LogP contribution is -2.27. The Labute approximate surface area is 135 Å². The third-order valence-corrected chi connectivity index (χ3v) is 4.28. The zero-order chi connectivity index (χ0) is 16.2. The summed E-state index contributed by atoms with van der Waals surface area (Å²) in [7, 11) is 3.28. The van der Waals surface area contributed by atoms with Gasteiger partial charge in [0.1, 0.15) is 0 Å². The molecule has 0 radical (unpaired) electrons. The van der Waals surface area contributed by atoms with E-state index in [9.17, 15) is 4.79 Å². The summed E-state index contributed by atoms with van der Waals surface area (Å²) in [5.41, 5.74) is 3.08. The van der Waals surface area contributed by atoms with Crippen LogP contribution in [0.15, 0.2) is 36.7 Å². The van der Waals surface area contributed by atoms with Gasteiger partial charge in [-0.15, -0.1) is 0 Å². The number of aryl methyl sites for hydroxylation is 1. The number of rotatable bonds is 5. The molecular weight excluding hydrogens is 292 g/mol. The van der Waals surface area contributed by atoms with E-state index >= 15 is 0 Å². The van der Waals surface area contributed by atoms with Crippen LogP contribution in [-0.2, 0) is 6.42 Å². The number of amides is 1. The third kappa shape index (κ3) is 3.13. The van der Waals surface area contributed by atoms with E-state index in [0.29, 0.717) is 18.0 Å². The van der Waals surface area contributed by atoms with Crippen molar-refractivity contribution in [3.8, 4) is 11.5 Å². The van der Waals surface area contributed by atoms with Gasteiger partial charge in [-0.05, 0) is 48.2 Å². The van der Waals surface area contributed by atoms with Gasteiger partial charge >= 0.3 is 0 Å². The lowest BCUT2D eigenvalue weighted by Gasteiger charge is -2.15. The van der Waals surface area contributed by atoms with E-state index in [4.69, 9.17) is 9.47 Å². The number of nitrogens with one attached hydrogen (secondary N) is 1. The van der Waals surface area contributed by atoms with Gasteiger partial charge in [0.15, 0.2) is 11.5 Å². The molecule has 5 heteroatoms. The van der Waals surface area contributed by atoms with Crippen molar-refractivity contribution in [1.29, 1.82) is 0 Å². The number of methoxy groups -OCH3 is 2. The normalized spacial score (nSPS) is 15.8. The number of pyridine rings is 1. The smallest absolute Gasteiger partial charge is 0.252 e. The van der Waals surface area contributed by atoms with Crippen LogP contribution in [0.4, 0.5) is 0 Å². The van der Waals surface area contributed by atoms with Gasteiger partial charge in [-0.3, -0.25) is 9.78 Å². The number of carbonyl (C=O) groups excluding carboxylic acids is 1. The van der Waals surface area contributed by atoms with Crippen LogP contribution in [0.1, 0.15) is 33.8 Å². The van der Waals surface area contributed by atoms with Crippen molar-refractivity contribution in [2.75, 3.05) is 20.8 Å². The Morgan fingerprint density at radius 3 is 2.78 bits per heavy atom. The molecule has 5 nitrogen and oxygen atoms in total. The van der Waals surface area contributed by atoms with Crippen molar-refractivity contribution in [1.82, 2.24) is 10.3 Å². The van der Waals surface area contributed by atoms with Crippen LogP contribution in [0.2, 0.25) is 0 Å². The van der Waals surface area contributed by atoms with Gasteiger partial charge in [0.2, 0.25) is 0 Å². The number of benzene rings is 1. The highest BCUT2D eigenvalue weighted by molar-refractivity contribution is 5.93. The van der Waals surface area contributed by atoms with Gasteiger partial charge in [0.25, 0.3) is 5.91 Å². The molecule has 1 unspecified atom stereocenters. The number of nitrogens with zero attached hydrogens (tertiary/aromatic N) is 1. The first kappa shape index (κ1) is 15.3. The second-order valence-corrected chi connectivity index (χ2v) is 5.59. The Balaban J connectivity index is 1.72. The first-order valence-electron chi connectivity index (χ1n) is 7.66. The molecule has 1 aromatic heterocycles. The molecule has 23 heavy (non-hydrogen) atoms. The number of aromatic nitrogens is 1. The lowest BCUT2D eigenvalue weighted by atomic mass is 10.0. The minimum atomic E-state index is -0.0907. The largest absolute Gasteiger partial charge is 0.493 e. The molecule has 1 amide bonds. The minimum Gasteiger partial charge on any atom is -0.493 e. The van der Waals surface area contributed by atoms with Crippen molar-refractivity contribution in [2.45, 2.75) is 18.8 Å². The molecule has 1 aliphatic carbocycles. The van der Waals surface area contributed by atoms with Crippen LogP contribution in [0.5, 0.6) is 11.5 Å². The maximum atomic E-state index is 12.1. The average molecular weight is 312 g/mol. The van der Waals surface area contributed by atoms with E-state index in [1.165, 1.54) is 11.1 Å². The Morgan fingerprint density at radius 2 is 2.09 bits per heavy atom. The van der Waals surface area contributed by atoms with E-state index in [0.717, 1.165) is 24.3 Å². The van der Waals surface area contributed by atoms with Crippen molar-refractivity contribution in [3.05, 3.63) is 53.3 Å². The molecule has 0 saturated carbocycles. The fourth-order valence-corrected chi connectivity index (χ4v) is 3.05. The molecule has 1 atom stereocenters. The van der Waals surface area contributed by atoms with Crippen molar-refractivity contribution < 1.29 is 14.3 Å². The molecule has 0 bridgehead atoms. The second-order valence-electron chi connectivity index (χ2n) is 5.59. The summed E-state index contributed by atoms with van der Waals surface area (Å²) in [6.07, 6.45) is 5.23. The highest BCUT2D eigenvalue weighted by Crippen LogP contribution is 2.40. The Kier molecular flexibility index (Phi) is 4.46. The number of hydrogen-bond donors (Lipinski definition) is 1. The molecule has 0 aliphatic heterocycles. The maximum absolute atomic E-state index is 12.1. The predicted molar refractivity (Wildman–Crippen MR) is 87.2 cm³/mol. The maximum Gasteiger partial charge on any atom is 0.252 e. The minimum absolute atomic E-state index is 0.0907. The van der Waals surface area contributed by atoms with Crippen LogP contribution in [0.25, 0.3) is 0 Å². The number of ether oxygens (including phenoxy) is 2. The Hall–Kier alpha value is -2.56. The summed E-state index contributed by atoms with van der Waals surface area (Å²) in [6, 6.07) is 7.59. The van der Waals surface area contributed by atoms with Gasteiger partial charge in [-0.25, -0.2) is 0 Å². The monoisotopic (exact) mass is 312 g/mol.